The molecule has 5 heteroatoms. The molecule has 0 saturated carbocycles. The largest absolute Gasteiger partial charge is 0.489 e. The maximum absolute atomic E-state index is 12.3. The molecule has 1 aliphatic rings. The number of nitrogens with zero attached hydrogens (tertiary/aromatic N) is 1. The second-order valence-electron chi connectivity index (χ2n) is 7.30. The van der Waals surface area contributed by atoms with E-state index in [1.165, 1.54) is 0 Å². The lowest BCUT2D eigenvalue weighted by Crippen LogP contribution is -2.34. The van der Waals surface area contributed by atoms with Crippen molar-refractivity contribution in [1.29, 1.82) is 0 Å². The van der Waals surface area contributed by atoms with Crippen molar-refractivity contribution in [2.24, 2.45) is 5.92 Å². The highest BCUT2D eigenvalue weighted by atomic mass is 16.5. The maximum atomic E-state index is 12.3. The first kappa shape index (κ1) is 18.6. The number of aromatic nitrogens is 1. The molecule has 1 saturated heterocycles. The van der Waals surface area contributed by atoms with Gasteiger partial charge in [-0.3, -0.25) is 4.79 Å². The molecule has 0 spiro atoms. The van der Waals surface area contributed by atoms with Crippen LogP contribution in [-0.2, 0) is 22.7 Å². The minimum atomic E-state index is 0.0494. The molecule has 3 aromatic rings. The Morgan fingerprint density at radius 3 is 2.75 bits per heavy atom. The summed E-state index contributed by atoms with van der Waals surface area (Å²) in [5, 5.41) is 4.14. The third kappa shape index (κ3) is 4.73. The van der Waals surface area contributed by atoms with Crippen LogP contribution >= 0.6 is 0 Å². The average molecular weight is 378 g/mol. The lowest BCUT2D eigenvalue weighted by Gasteiger charge is -2.22. The van der Waals surface area contributed by atoms with Crippen LogP contribution in [0.1, 0.15) is 18.4 Å². The van der Waals surface area contributed by atoms with Crippen LogP contribution in [0, 0.1) is 5.92 Å². The number of fused-ring (bicyclic) bond motifs is 1. The Kier molecular flexibility index (Phi) is 5.92. The van der Waals surface area contributed by atoms with Gasteiger partial charge in [-0.1, -0.05) is 30.3 Å². The van der Waals surface area contributed by atoms with Gasteiger partial charge in [-0.25, -0.2) is 0 Å². The Bertz CT molecular complexity index is 914. The SMILES string of the molecule is O=C(Cn1ccc2cc(OCc3ccccc3)ccc21)NCC1CCOCC1. The van der Waals surface area contributed by atoms with Crippen LogP contribution in [0.3, 0.4) is 0 Å². The van der Waals surface area contributed by atoms with Gasteiger partial charge in [0.1, 0.15) is 18.9 Å². The van der Waals surface area contributed by atoms with Crippen LogP contribution in [-0.4, -0.2) is 30.2 Å². The molecule has 2 aromatic carbocycles. The predicted octanol–water partition coefficient (Wildman–Crippen LogP) is 3.76. The van der Waals surface area contributed by atoms with E-state index in [4.69, 9.17) is 9.47 Å². The Labute approximate surface area is 165 Å². The van der Waals surface area contributed by atoms with Gasteiger partial charge in [0.05, 0.1) is 0 Å². The molecule has 1 aromatic heterocycles. The van der Waals surface area contributed by atoms with E-state index in [2.05, 4.69) is 5.32 Å². The van der Waals surface area contributed by atoms with E-state index in [-0.39, 0.29) is 5.91 Å². The predicted molar refractivity (Wildman–Crippen MR) is 109 cm³/mol. The number of hydrogen-bond donors (Lipinski definition) is 1. The van der Waals surface area contributed by atoms with E-state index in [9.17, 15) is 4.79 Å². The van der Waals surface area contributed by atoms with Crippen molar-refractivity contribution in [3.05, 3.63) is 66.4 Å². The zero-order chi connectivity index (χ0) is 19.2. The topological polar surface area (TPSA) is 52.5 Å². The van der Waals surface area contributed by atoms with Gasteiger partial charge >= 0.3 is 0 Å². The normalized spacial score (nSPS) is 14.9. The van der Waals surface area contributed by atoms with Gasteiger partial charge in [-0.05, 0) is 48.6 Å². The van der Waals surface area contributed by atoms with Gasteiger partial charge in [0.25, 0.3) is 0 Å². The lowest BCUT2D eigenvalue weighted by molar-refractivity contribution is -0.121. The number of amides is 1. The first-order valence-corrected chi connectivity index (χ1v) is 9.88. The number of ether oxygens (including phenoxy) is 2. The second kappa shape index (κ2) is 8.93. The summed E-state index contributed by atoms with van der Waals surface area (Å²) in [7, 11) is 0. The number of nitrogens with one attached hydrogen (secondary N) is 1. The Balaban J connectivity index is 1.34. The summed E-state index contributed by atoms with van der Waals surface area (Å²) >= 11 is 0. The molecule has 146 valence electrons. The molecule has 2 heterocycles. The monoisotopic (exact) mass is 378 g/mol. The minimum absolute atomic E-state index is 0.0494. The summed E-state index contributed by atoms with van der Waals surface area (Å²) in [4.78, 5) is 12.3. The van der Waals surface area contributed by atoms with Crippen molar-refractivity contribution in [2.45, 2.75) is 26.0 Å². The van der Waals surface area contributed by atoms with Crippen molar-refractivity contribution < 1.29 is 14.3 Å². The summed E-state index contributed by atoms with van der Waals surface area (Å²) in [6.45, 7) is 3.21. The van der Waals surface area contributed by atoms with Crippen molar-refractivity contribution in [3.63, 3.8) is 0 Å². The molecule has 0 unspecified atom stereocenters. The van der Waals surface area contributed by atoms with Gasteiger partial charge in [0.2, 0.25) is 5.91 Å². The third-order valence-electron chi connectivity index (χ3n) is 5.23. The molecule has 1 N–H and O–H groups in total. The Morgan fingerprint density at radius 1 is 1.11 bits per heavy atom. The minimum Gasteiger partial charge on any atom is -0.489 e. The number of hydrogen-bond acceptors (Lipinski definition) is 3. The first-order valence-electron chi connectivity index (χ1n) is 9.88. The van der Waals surface area contributed by atoms with E-state index in [0.29, 0.717) is 19.1 Å². The van der Waals surface area contributed by atoms with Gasteiger partial charge < -0.3 is 19.4 Å². The zero-order valence-corrected chi connectivity index (χ0v) is 16.0. The van der Waals surface area contributed by atoms with Crippen LogP contribution in [0.4, 0.5) is 0 Å². The summed E-state index contributed by atoms with van der Waals surface area (Å²) < 4.78 is 13.2. The van der Waals surface area contributed by atoms with Gasteiger partial charge in [-0.2, -0.15) is 0 Å². The third-order valence-corrected chi connectivity index (χ3v) is 5.23. The molecule has 0 bridgehead atoms. The second-order valence-corrected chi connectivity index (χ2v) is 7.30. The highest BCUT2D eigenvalue weighted by Crippen LogP contribution is 2.23. The fourth-order valence-electron chi connectivity index (χ4n) is 3.57. The van der Waals surface area contributed by atoms with Crippen molar-refractivity contribution in [2.75, 3.05) is 19.8 Å². The van der Waals surface area contributed by atoms with Crippen molar-refractivity contribution in [3.8, 4) is 5.75 Å². The van der Waals surface area contributed by atoms with E-state index >= 15 is 0 Å². The molecule has 1 amide bonds. The Morgan fingerprint density at radius 2 is 1.93 bits per heavy atom. The first-order chi connectivity index (χ1) is 13.8. The molecule has 0 radical (unpaired) electrons. The fourth-order valence-corrected chi connectivity index (χ4v) is 3.57. The lowest BCUT2D eigenvalue weighted by atomic mass is 10.0. The molecule has 28 heavy (non-hydrogen) atoms. The molecular formula is C23H26N2O3. The standard InChI is InChI=1S/C23H26N2O3/c26-23(24-15-18-9-12-27-13-10-18)16-25-11-8-20-14-21(6-7-22(20)25)28-17-19-4-2-1-3-5-19/h1-8,11,14,18H,9-10,12-13,15-17H2,(H,24,26). The summed E-state index contributed by atoms with van der Waals surface area (Å²) in [5.74, 6) is 1.41. The number of carbonyl (C=O) groups is 1. The number of carbonyl (C=O) groups excluding carboxylic acids is 1. The van der Waals surface area contributed by atoms with Gasteiger partial charge in [0, 0.05) is 36.9 Å². The van der Waals surface area contributed by atoms with Crippen LogP contribution < -0.4 is 10.1 Å². The molecule has 4 rings (SSSR count). The van der Waals surface area contributed by atoms with Crippen molar-refractivity contribution in [1.82, 2.24) is 9.88 Å². The van der Waals surface area contributed by atoms with E-state index in [1.54, 1.807) is 0 Å². The Hall–Kier alpha value is -2.79. The quantitative estimate of drug-likeness (QED) is 0.681. The van der Waals surface area contributed by atoms with E-state index < -0.39 is 0 Å². The fraction of sp³-hybridized carbons (Fsp3) is 0.348. The summed E-state index contributed by atoms with van der Waals surface area (Å²) in [6, 6.07) is 18.1. The number of benzene rings is 2. The van der Waals surface area contributed by atoms with Gasteiger partial charge in [-0.15, -0.1) is 0 Å². The molecule has 0 atom stereocenters. The van der Waals surface area contributed by atoms with Crippen molar-refractivity contribution >= 4 is 16.8 Å². The number of rotatable bonds is 7. The molecule has 1 fully saturated rings. The van der Waals surface area contributed by atoms with E-state index in [1.807, 2.05) is 65.4 Å². The summed E-state index contributed by atoms with van der Waals surface area (Å²) in [6.07, 6.45) is 4.01. The van der Waals surface area contributed by atoms with E-state index in [0.717, 1.165) is 54.8 Å². The smallest absolute Gasteiger partial charge is 0.239 e. The highest BCUT2D eigenvalue weighted by molar-refractivity contribution is 5.84. The van der Waals surface area contributed by atoms with Crippen LogP contribution in [0.25, 0.3) is 10.9 Å². The molecule has 1 aliphatic heterocycles. The molecule has 0 aliphatic carbocycles. The maximum Gasteiger partial charge on any atom is 0.239 e. The molecule has 5 nitrogen and oxygen atoms in total. The highest BCUT2D eigenvalue weighted by Gasteiger charge is 2.15. The molecular weight excluding hydrogens is 352 g/mol. The van der Waals surface area contributed by atoms with Gasteiger partial charge in [0.15, 0.2) is 0 Å². The zero-order valence-electron chi connectivity index (χ0n) is 16.0. The van der Waals surface area contributed by atoms with Crippen LogP contribution in [0.2, 0.25) is 0 Å². The van der Waals surface area contributed by atoms with Crippen LogP contribution in [0.15, 0.2) is 60.8 Å². The van der Waals surface area contributed by atoms with Crippen LogP contribution in [0.5, 0.6) is 5.75 Å². The average Bonchev–Trinajstić information content (AvgIpc) is 3.14. The summed E-state index contributed by atoms with van der Waals surface area (Å²) in [5.41, 5.74) is 2.18.